The second-order valence-electron chi connectivity index (χ2n) is 5.39. The van der Waals surface area contributed by atoms with Gasteiger partial charge < -0.3 is 19.5 Å². The van der Waals surface area contributed by atoms with Gasteiger partial charge in [0.05, 0.1) is 20.3 Å². The summed E-state index contributed by atoms with van der Waals surface area (Å²) in [5, 5.41) is 3.53. The second-order valence-corrected chi connectivity index (χ2v) is 5.83. The summed E-state index contributed by atoms with van der Waals surface area (Å²) in [7, 11) is 3.17. The van der Waals surface area contributed by atoms with Crippen LogP contribution in [0.5, 0.6) is 17.2 Å². The highest BCUT2D eigenvalue weighted by Gasteiger charge is 2.15. The smallest absolute Gasteiger partial charge is 0.258 e. The third-order valence-corrected chi connectivity index (χ3v) is 3.95. The van der Waals surface area contributed by atoms with Gasteiger partial charge in [0.1, 0.15) is 5.75 Å². The molecule has 2 aromatic carbocycles. The number of ether oxygens (including phenoxy) is 3. The molecule has 134 valence electrons. The molecule has 0 aliphatic heterocycles. The Labute approximate surface area is 152 Å². The van der Waals surface area contributed by atoms with Crippen molar-refractivity contribution in [1.29, 1.82) is 0 Å². The van der Waals surface area contributed by atoms with E-state index in [-0.39, 0.29) is 18.6 Å². The summed E-state index contributed by atoms with van der Waals surface area (Å²) in [6.07, 6.45) is 0.735. The predicted molar refractivity (Wildman–Crippen MR) is 97.7 cm³/mol. The van der Waals surface area contributed by atoms with Crippen LogP contribution in [0, 0.1) is 0 Å². The number of hydrogen-bond donors (Lipinski definition) is 1. The molecule has 1 unspecified atom stereocenters. The fourth-order valence-corrected chi connectivity index (χ4v) is 2.61. The normalized spacial score (nSPS) is 11.5. The Hall–Kier alpha value is -2.40. The molecule has 6 heteroatoms. The van der Waals surface area contributed by atoms with Crippen LogP contribution < -0.4 is 19.5 Å². The van der Waals surface area contributed by atoms with Crippen LogP contribution in [0.3, 0.4) is 0 Å². The van der Waals surface area contributed by atoms with Crippen molar-refractivity contribution in [3.05, 3.63) is 53.1 Å². The van der Waals surface area contributed by atoms with Gasteiger partial charge in [-0.15, -0.1) is 0 Å². The fourth-order valence-electron chi connectivity index (χ4n) is 2.43. The molecule has 2 rings (SSSR count). The third kappa shape index (κ3) is 5.29. The fraction of sp³-hybridized carbons (Fsp3) is 0.316. The quantitative estimate of drug-likeness (QED) is 0.770. The van der Waals surface area contributed by atoms with Gasteiger partial charge in [-0.05, 0) is 42.3 Å². The number of carbonyl (C=O) groups excluding carboxylic acids is 1. The van der Waals surface area contributed by atoms with E-state index < -0.39 is 0 Å². The van der Waals surface area contributed by atoms with Crippen molar-refractivity contribution >= 4 is 17.5 Å². The van der Waals surface area contributed by atoms with Gasteiger partial charge in [-0.2, -0.15) is 0 Å². The van der Waals surface area contributed by atoms with Crippen LogP contribution in [0.15, 0.2) is 42.5 Å². The number of hydrogen-bond acceptors (Lipinski definition) is 4. The number of carbonyl (C=O) groups is 1. The van der Waals surface area contributed by atoms with Gasteiger partial charge in [0.25, 0.3) is 5.91 Å². The summed E-state index contributed by atoms with van der Waals surface area (Å²) in [4.78, 5) is 12.2. The van der Waals surface area contributed by atoms with Crippen molar-refractivity contribution in [2.75, 3.05) is 20.8 Å². The molecule has 0 saturated carbocycles. The molecule has 2 aromatic rings. The van der Waals surface area contributed by atoms with E-state index in [0.29, 0.717) is 22.3 Å². The molecule has 0 fully saturated rings. The SMILES string of the molecule is CCC(NC(=O)COc1cccc(Cl)c1)c1ccc(OC)c(OC)c1. The average molecular weight is 364 g/mol. The molecule has 0 heterocycles. The Morgan fingerprint density at radius 2 is 1.88 bits per heavy atom. The minimum Gasteiger partial charge on any atom is -0.493 e. The molecule has 1 amide bonds. The molecule has 5 nitrogen and oxygen atoms in total. The number of rotatable bonds is 8. The Balaban J connectivity index is 2.00. The van der Waals surface area contributed by atoms with Crippen LogP contribution in [0.1, 0.15) is 24.9 Å². The first-order valence-corrected chi connectivity index (χ1v) is 8.34. The van der Waals surface area contributed by atoms with E-state index in [4.69, 9.17) is 25.8 Å². The number of methoxy groups -OCH3 is 2. The molecular formula is C19H22ClNO4. The van der Waals surface area contributed by atoms with Gasteiger partial charge in [0.15, 0.2) is 18.1 Å². The van der Waals surface area contributed by atoms with Crippen LogP contribution in [0.25, 0.3) is 0 Å². The lowest BCUT2D eigenvalue weighted by Crippen LogP contribution is -2.32. The summed E-state index contributed by atoms with van der Waals surface area (Å²) in [6.45, 7) is 1.92. The zero-order valence-corrected chi connectivity index (χ0v) is 15.3. The maximum atomic E-state index is 12.2. The lowest BCUT2D eigenvalue weighted by Gasteiger charge is -2.19. The van der Waals surface area contributed by atoms with Crippen molar-refractivity contribution < 1.29 is 19.0 Å². The Morgan fingerprint density at radius 3 is 2.52 bits per heavy atom. The molecule has 0 aromatic heterocycles. The minimum atomic E-state index is -0.207. The van der Waals surface area contributed by atoms with E-state index in [1.165, 1.54) is 0 Å². The van der Waals surface area contributed by atoms with Gasteiger partial charge >= 0.3 is 0 Å². The van der Waals surface area contributed by atoms with Crippen molar-refractivity contribution in [1.82, 2.24) is 5.32 Å². The largest absolute Gasteiger partial charge is 0.493 e. The van der Waals surface area contributed by atoms with E-state index in [1.807, 2.05) is 25.1 Å². The summed E-state index contributed by atoms with van der Waals surface area (Å²) < 4.78 is 16.0. The van der Waals surface area contributed by atoms with Crippen LogP contribution in [-0.4, -0.2) is 26.7 Å². The van der Waals surface area contributed by atoms with Crippen LogP contribution in [0.2, 0.25) is 5.02 Å². The summed E-state index contributed by atoms with van der Waals surface area (Å²) in [5.74, 6) is 1.63. The van der Waals surface area contributed by atoms with E-state index in [0.717, 1.165) is 12.0 Å². The van der Waals surface area contributed by atoms with E-state index in [2.05, 4.69) is 5.32 Å². The van der Waals surface area contributed by atoms with E-state index in [9.17, 15) is 4.79 Å². The number of amides is 1. The van der Waals surface area contributed by atoms with Gasteiger partial charge in [0.2, 0.25) is 0 Å². The Kier molecular flexibility index (Phi) is 6.95. The first kappa shape index (κ1) is 18.9. The monoisotopic (exact) mass is 363 g/mol. The Morgan fingerprint density at radius 1 is 1.12 bits per heavy atom. The van der Waals surface area contributed by atoms with E-state index in [1.54, 1.807) is 38.5 Å². The third-order valence-electron chi connectivity index (χ3n) is 3.72. The van der Waals surface area contributed by atoms with Gasteiger partial charge in [0, 0.05) is 5.02 Å². The Bertz CT molecular complexity index is 720. The first-order chi connectivity index (χ1) is 12.1. The molecule has 0 saturated heterocycles. The predicted octanol–water partition coefficient (Wildman–Crippen LogP) is 4.00. The molecule has 0 bridgehead atoms. The minimum absolute atomic E-state index is 0.0792. The maximum absolute atomic E-state index is 12.2. The summed E-state index contributed by atoms with van der Waals surface area (Å²) in [6, 6.07) is 12.4. The van der Waals surface area contributed by atoms with Crippen LogP contribution in [0.4, 0.5) is 0 Å². The van der Waals surface area contributed by atoms with Crippen LogP contribution in [-0.2, 0) is 4.79 Å². The lowest BCUT2D eigenvalue weighted by atomic mass is 10.0. The highest BCUT2D eigenvalue weighted by molar-refractivity contribution is 6.30. The molecule has 0 radical (unpaired) electrons. The van der Waals surface area contributed by atoms with Gasteiger partial charge in [-0.3, -0.25) is 4.79 Å². The highest BCUT2D eigenvalue weighted by Crippen LogP contribution is 2.30. The second kappa shape index (κ2) is 9.18. The number of benzene rings is 2. The lowest BCUT2D eigenvalue weighted by molar-refractivity contribution is -0.123. The van der Waals surface area contributed by atoms with Crippen LogP contribution >= 0.6 is 11.6 Å². The van der Waals surface area contributed by atoms with Gasteiger partial charge in [-0.25, -0.2) is 0 Å². The number of halogens is 1. The van der Waals surface area contributed by atoms with Crippen molar-refractivity contribution in [2.24, 2.45) is 0 Å². The van der Waals surface area contributed by atoms with Crippen molar-refractivity contribution in [2.45, 2.75) is 19.4 Å². The molecule has 0 aliphatic carbocycles. The van der Waals surface area contributed by atoms with Gasteiger partial charge in [-0.1, -0.05) is 30.7 Å². The maximum Gasteiger partial charge on any atom is 0.258 e. The molecule has 1 atom stereocenters. The average Bonchev–Trinajstić information content (AvgIpc) is 2.64. The van der Waals surface area contributed by atoms with E-state index >= 15 is 0 Å². The zero-order valence-electron chi connectivity index (χ0n) is 14.5. The summed E-state index contributed by atoms with van der Waals surface area (Å²) >= 11 is 5.90. The molecule has 1 N–H and O–H groups in total. The van der Waals surface area contributed by atoms with Crippen molar-refractivity contribution in [3.63, 3.8) is 0 Å². The standard InChI is InChI=1S/C19H22ClNO4/c1-4-16(13-8-9-17(23-2)18(10-13)24-3)21-19(22)12-25-15-7-5-6-14(20)11-15/h5-11,16H,4,12H2,1-3H3,(H,21,22). The topological polar surface area (TPSA) is 56.8 Å². The first-order valence-electron chi connectivity index (χ1n) is 7.97. The number of nitrogens with one attached hydrogen (secondary N) is 1. The summed E-state index contributed by atoms with van der Waals surface area (Å²) in [5.41, 5.74) is 0.941. The molecule has 25 heavy (non-hydrogen) atoms. The van der Waals surface area contributed by atoms with Crippen molar-refractivity contribution in [3.8, 4) is 17.2 Å². The molecule has 0 aliphatic rings. The zero-order chi connectivity index (χ0) is 18.2. The molecular weight excluding hydrogens is 342 g/mol. The highest BCUT2D eigenvalue weighted by atomic mass is 35.5. The molecule has 0 spiro atoms.